The Morgan fingerprint density at radius 1 is 1.16 bits per heavy atom. The van der Waals surface area contributed by atoms with Crippen LogP contribution in [-0.4, -0.2) is 10.8 Å². The number of benzene rings is 1. The second kappa shape index (κ2) is 5.23. The van der Waals surface area contributed by atoms with Gasteiger partial charge in [0, 0.05) is 28.4 Å². The highest BCUT2D eigenvalue weighted by Gasteiger charge is 2.12. The van der Waals surface area contributed by atoms with E-state index in [4.69, 9.17) is 0 Å². The Balaban J connectivity index is 1.97. The maximum atomic E-state index is 12.4. The third-order valence-electron chi connectivity index (χ3n) is 2.91. The number of pyridine rings is 1. The summed E-state index contributed by atoms with van der Waals surface area (Å²) in [6, 6.07) is 13.4. The van der Waals surface area contributed by atoms with Gasteiger partial charge in [-0.15, -0.1) is 11.3 Å². The average Bonchev–Trinajstić information content (AvgIpc) is 2.83. The van der Waals surface area contributed by atoms with Crippen molar-refractivity contribution >= 4 is 44.0 Å². The van der Waals surface area contributed by atoms with Crippen LogP contribution in [0.1, 0.15) is 15.2 Å². The molecule has 2 heterocycles. The lowest BCUT2D eigenvalue weighted by Crippen LogP contribution is -2.03. The first-order chi connectivity index (χ1) is 9.24. The molecule has 0 aliphatic rings. The molecule has 4 heteroatoms. The number of nitrogens with zero attached hydrogens (tertiary/aromatic N) is 1. The van der Waals surface area contributed by atoms with Gasteiger partial charge in [0.15, 0.2) is 5.78 Å². The molecule has 1 aromatic carbocycles. The largest absolute Gasteiger partial charge is 0.294 e. The molecule has 0 bridgehead atoms. The van der Waals surface area contributed by atoms with Gasteiger partial charge < -0.3 is 0 Å². The zero-order valence-electron chi connectivity index (χ0n) is 9.97. The minimum absolute atomic E-state index is 0.132. The highest BCUT2D eigenvalue weighted by molar-refractivity contribution is 9.11. The van der Waals surface area contributed by atoms with Crippen LogP contribution in [0, 0.1) is 0 Å². The molecular weight excluding hydrogens is 322 g/mol. The minimum atomic E-state index is 0.132. The number of halogens is 1. The predicted octanol–water partition coefficient (Wildman–Crippen LogP) is 4.48. The van der Waals surface area contributed by atoms with Gasteiger partial charge in [-0.1, -0.05) is 18.2 Å². The summed E-state index contributed by atoms with van der Waals surface area (Å²) in [6.07, 6.45) is 2.18. The monoisotopic (exact) mass is 331 g/mol. The van der Waals surface area contributed by atoms with Crippen LogP contribution < -0.4 is 0 Å². The van der Waals surface area contributed by atoms with Crippen LogP contribution in [0.3, 0.4) is 0 Å². The molecule has 0 radical (unpaired) electrons. The summed E-state index contributed by atoms with van der Waals surface area (Å²) in [5, 5.41) is 0.922. The summed E-state index contributed by atoms with van der Waals surface area (Å²) in [5.41, 5.74) is 1.61. The summed E-state index contributed by atoms with van der Waals surface area (Å²) >= 11 is 5.01. The van der Waals surface area contributed by atoms with Crippen molar-refractivity contribution in [2.24, 2.45) is 0 Å². The number of hydrogen-bond donors (Lipinski definition) is 0. The molecule has 0 aliphatic heterocycles. The van der Waals surface area contributed by atoms with Crippen molar-refractivity contribution in [3.63, 3.8) is 0 Å². The SMILES string of the molecule is O=C(Cc1ccc(Br)s1)c1cccc2ncccc12. The molecule has 0 aliphatic carbocycles. The van der Waals surface area contributed by atoms with E-state index in [1.807, 2.05) is 42.5 Å². The Labute approximate surface area is 123 Å². The van der Waals surface area contributed by atoms with Crippen molar-refractivity contribution < 1.29 is 4.79 Å². The first kappa shape index (κ1) is 12.5. The van der Waals surface area contributed by atoms with E-state index < -0.39 is 0 Å². The van der Waals surface area contributed by atoms with E-state index >= 15 is 0 Å². The van der Waals surface area contributed by atoms with Gasteiger partial charge in [-0.05, 0) is 40.2 Å². The number of rotatable bonds is 3. The number of aromatic nitrogens is 1. The molecule has 0 amide bonds. The van der Waals surface area contributed by atoms with E-state index in [1.165, 1.54) is 0 Å². The third-order valence-corrected chi connectivity index (χ3v) is 4.53. The van der Waals surface area contributed by atoms with Crippen molar-refractivity contribution in [3.05, 3.63) is 62.9 Å². The van der Waals surface area contributed by atoms with Crippen LogP contribution in [0.5, 0.6) is 0 Å². The van der Waals surface area contributed by atoms with Crippen molar-refractivity contribution in [2.45, 2.75) is 6.42 Å². The molecule has 3 rings (SSSR count). The second-order valence-corrected chi connectivity index (χ2v) is 6.73. The summed E-state index contributed by atoms with van der Waals surface area (Å²) in [6.45, 7) is 0. The van der Waals surface area contributed by atoms with Gasteiger partial charge in [0.25, 0.3) is 0 Å². The Bertz CT molecular complexity index is 745. The lowest BCUT2D eigenvalue weighted by Gasteiger charge is -2.04. The number of carbonyl (C=O) groups is 1. The van der Waals surface area contributed by atoms with Gasteiger partial charge in [-0.2, -0.15) is 0 Å². The molecule has 0 unspecified atom stereocenters. The second-order valence-electron chi connectivity index (χ2n) is 4.18. The van der Waals surface area contributed by atoms with Gasteiger partial charge in [0.05, 0.1) is 9.30 Å². The van der Waals surface area contributed by atoms with Crippen LogP contribution in [0.25, 0.3) is 10.9 Å². The fourth-order valence-corrected chi connectivity index (χ4v) is 3.53. The number of hydrogen-bond acceptors (Lipinski definition) is 3. The highest BCUT2D eigenvalue weighted by atomic mass is 79.9. The number of Topliss-reactive ketones (excluding diaryl/α,β-unsaturated/α-hetero) is 1. The Morgan fingerprint density at radius 2 is 2.05 bits per heavy atom. The van der Waals surface area contributed by atoms with Crippen LogP contribution in [-0.2, 0) is 6.42 Å². The quantitative estimate of drug-likeness (QED) is 0.662. The first-order valence-corrected chi connectivity index (χ1v) is 7.46. The van der Waals surface area contributed by atoms with E-state index in [2.05, 4.69) is 20.9 Å². The Morgan fingerprint density at radius 3 is 2.84 bits per heavy atom. The zero-order valence-corrected chi connectivity index (χ0v) is 12.4. The molecule has 0 atom stereocenters. The molecule has 0 N–H and O–H groups in total. The predicted molar refractivity (Wildman–Crippen MR) is 81.8 cm³/mol. The van der Waals surface area contributed by atoms with Gasteiger partial charge in [0.1, 0.15) is 0 Å². The number of fused-ring (bicyclic) bond motifs is 1. The molecule has 2 aromatic heterocycles. The van der Waals surface area contributed by atoms with Crippen LogP contribution in [0.2, 0.25) is 0 Å². The van der Waals surface area contributed by atoms with Gasteiger partial charge in [-0.3, -0.25) is 9.78 Å². The molecular formula is C15H10BrNOS. The lowest BCUT2D eigenvalue weighted by atomic mass is 10.0. The lowest BCUT2D eigenvalue weighted by molar-refractivity contribution is 0.0995. The first-order valence-electron chi connectivity index (χ1n) is 5.85. The molecule has 0 saturated heterocycles. The molecule has 2 nitrogen and oxygen atoms in total. The number of ketones is 1. The van der Waals surface area contributed by atoms with Crippen molar-refractivity contribution in [3.8, 4) is 0 Å². The van der Waals surface area contributed by atoms with Crippen LogP contribution in [0.4, 0.5) is 0 Å². The van der Waals surface area contributed by atoms with Gasteiger partial charge in [-0.25, -0.2) is 0 Å². The van der Waals surface area contributed by atoms with E-state index in [-0.39, 0.29) is 5.78 Å². The molecule has 0 saturated carbocycles. The summed E-state index contributed by atoms with van der Waals surface area (Å²) in [7, 11) is 0. The minimum Gasteiger partial charge on any atom is -0.294 e. The summed E-state index contributed by atoms with van der Waals surface area (Å²) in [5.74, 6) is 0.132. The number of thiophene rings is 1. The molecule has 0 fully saturated rings. The van der Waals surface area contributed by atoms with Crippen LogP contribution >= 0.6 is 27.3 Å². The zero-order chi connectivity index (χ0) is 13.2. The Hall–Kier alpha value is -1.52. The fraction of sp³-hybridized carbons (Fsp3) is 0.0667. The van der Waals surface area contributed by atoms with Gasteiger partial charge >= 0.3 is 0 Å². The Kier molecular flexibility index (Phi) is 3.44. The maximum absolute atomic E-state index is 12.4. The molecule has 3 aromatic rings. The van der Waals surface area contributed by atoms with Crippen LogP contribution in [0.15, 0.2) is 52.4 Å². The molecule has 19 heavy (non-hydrogen) atoms. The summed E-state index contributed by atoms with van der Waals surface area (Å²) < 4.78 is 1.05. The molecule has 94 valence electrons. The summed E-state index contributed by atoms with van der Waals surface area (Å²) in [4.78, 5) is 17.7. The van der Waals surface area contributed by atoms with Crippen molar-refractivity contribution in [2.75, 3.05) is 0 Å². The van der Waals surface area contributed by atoms with E-state index in [9.17, 15) is 4.79 Å². The number of carbonyl (C=O) groups excluding carboxylic acids is 1. The standard InChI is InChI=1S/C15H10BrNOS/c16-15-7-6-10(19-15)9-14(18)12-3-1-5-13-11(12)4-2-8-17-13/h1-8H,9H2. The fourth-order valence-electron chi connectivity index (χ4n) is 2.05. The third kappa shape index (κ3) is 2.60. The average molecular weight is 332 g/mol. The van der Waals surface area contributed by atoms with Crippen molar-refractivity contribution in [1.29, 1.82) is 0 Å². The van der Waals surface area contributed by atoms with E-state index in [1.54, 1.807) is 17.5 Å². The van der Waals surface area contributed by atoms with E-state index in [0.717, 1.165) is 25.1 Å². The maximum Gasteiger partial charge on any atom is 0.168 e. The van der Waals surface area contributed by atoms with Gasteiger partial charge in [0.2, 0.25) is 0 Å². The normalized spacial score (nSPS) is 10.8. The topological polar surface area (TPSA) is 30.0 Å². The van der Waals surface area contributed by atoms with Crippen molar-refractivity contribution in [1.82, 2.24) is 4.98 Å². The molecule has 0 spiro atoms. The highest BCUT2D eigenvalue weighted by Crippen LogP contribution is 2.24. The smallest absolute Gasteiger partial charge is 0.168 e. The van der Waals surface area contributed by atoms with E-state index in [0.29, 0.717) is 6.42 Å².